The summed E-state index contributed by atoms with van der Waals surface area (Å²) in [6, 6.07) is 16.2. The largest absolute Gasteiger partial charge is 0.341 e. The molecule has 2 aromatic carbocycles. The van der Waals surface area contributed by atoms with Crippen LogP contribution in [0.4, 0.5) is 4.39 Å². The van der Waals surface area contributed by atoms with Gasteiger partial charge in [0.25, 0.3) is 0 Å². The number of likely N-dealkylation sites (tertiary alicyclic amines) is 1. The number of thioether (sulfide) groups is 1. The summed E-state index contributed by atoms with van der Waals surface area (Å²) in [7, 11) is 1.97. The molecular weight excluding hydrogens is 347 g/mol. The second-order valence-electron chi connectivity index (χ2n) is 6.69. The zero-order valence-corrected chi connectivity index (χ0v) is 15.8. The van der Waals surface area contributed by atoms with Crippen LogP contribution in [0, 0.1) is 11.7 Å². The molecule has 1 fully saturated rings. The normalized spacial score (nSPS) is 16.5. The lowest BCUT2D eigenvalue weighted by Gasteiger charge is -2.34. The Morgan fingerprint density at radius 2 is 1.81 bits per heavy atom. The van der Waals surface area contributed by atoms with E-state index in [1.165, 1.54) is 23.9 Å². The highest BCUT2D eigenvalue weighted by atomic mass is 32.2. The molecule has 26 heavy (non-hydrogen) atoms. The Hall–Kier alpha value is -1.85. The SMILES string of the molecule is CNCC1CCN(C(=O)C(Sc2ccc(F)cc2)c2ccccc2)CC1. The van der Waals surface area contributed by atoms with E-state index < -0.39 is 0 Å². The number of nitrogens with one attached hydrogen (secondary N) is 1. The Kier molecular flexibility index (Phi) is 6.69. The molecule has 3 nitrogen and oxygen atoms in total. The van der Waals surface area contributed by atoms with Crippen molar-refractivity contribution in [1.82, 2.24) is 10.2 Å². The minimum absolute atomic E-state index is 0.147. The average molecular weight is 373 g/mol. The number of rotatable bonds is 6. The first kappa shape index (κ1) is 18.9. The molecule has 3 rings (SSSR count). The monoisotopic (exact) mass is 372 g/mol. The third-order valence-corrected chi connectivity index (χ3v) is 6.07. The Bertz CT molecular complexity index is 700. The van der Waals surface area contributed by atoms with Crippen LogP contribution in [0.2, 0.25) is 0 Å². The molecule has 0 radical (unpaired) electrons. The Morgan fingerprint density at radius 3 is 2.42 bits per heavy atom. The van der Waals surface area contributed by atoms with Gasteiger partial charge in [-0.05, 0) is 62.2 Å². The third-order valence-electron chi connectivity index (χ3n) is 4.81. The van der Waals surface area contributed by atoms with Crippen molar-refractivity contribution >= 4 is 17.7 Å². The first-order valence-corrected chi connectivity index (χ1v) is 9.96. The Balaban J connectivity index is 1.75. The number of carbonyl (C=O) groups is 1. The van der Waals surface area contributed by atoms with E-state index in [1.54, 1.807) is 12.1 Å². The van der Waals surface area contributed by atoms with E-state index in [4.69, 9.17) is 0 Å². The molecule has 1 amide bonds. The van der Waals surface area contributed by atoms with E-state index >= 15 is 0 Å². The fourth-order valence-electron chi connectivity index (χ4n) is 3.35. The van der Waals surface area contributed by atoms with Gasteiger partial charge in [0.05, 0.1) is 0 Å². The summed E-state index contributed by atoms with van der Waals surface area (Å²) in [5, 5.41) is 2.93. The van der Waals surface area contributed by atoms with E-state index in [2.05, 4.69) is 5.32 Å². The summed E-state index contributed by atoms with van der Waals surface area (Å²) in [4.78, 5) is 16.1. The number of halogens is 1. The van der Waals surface area contributed by atoms with Crippen LogP contribution >= 0.6 is 11.8 Å². The standard InChI is InChI=1S/C21H25FN2OS/c1-23-15-16-11-13-24(14-12-16)21(25)20(17-5-3-2-4-6-17)26-19-9-7-18(22)8-10-19/h2-10,16,20,23H,11-15H2,1H3. The lowest BCUT2D eigenvalue weighted by Crippen LogP contribution is -2.42. The number of benzene rings is 2. The van der Waals surface area contributed by atoms with Gasteiger partial charge >= 0.3 is 0 Å². The number of hydrogen-bond donors (Lipinski definition) is 1. The number of piperidine rings is 1. The number of hydrogen-bond acceptors (Lipinski definition) is 3. The first-order valence-electron chi connectivity index (χ1n) is 9.08. The molecule has 1 aliphatic heterocycles. The smallest absolute Gasteiger partial charge is 0.240 e. The lowest BCUT2D eigenvalue weighted by atomic mass is 9.96. The van der Waals surface area contributed by atoms with Crippen LogP contribution < -0.4 is 5.32 Å². The predicted molar refractivity (Wildman–Crippen MR) is 105 cm³/mol. The van der Waals surface area contributed by atoms with Gasteiger partial charge in [-0.3, -0.25) is 4.79 Å². The Morgan fingerprint density at radius 1 is 1.15 bits per heavy atom. The molecule has 138 valence electrons. The quantitative estimate of drug-likeness (QED) is 0.774. The van der Waals surface area contributed by atoms with E-state index in [-0.39, 0.29) is 17.0 Å². The van der Waals surface area contributed by atoms with Crippen molar-refractivity contribution < 1.29 is 9.18 Å². The molecule has 1 unspecified atom stereocenters. The molecule has 1 aliphatic rings. The van der Waals surface area contributed by atoms with Crippen molar-refractivity contribution in [2.24, 2.45) is 5.92 Å². The summed E-state index contributed by atoms with van der Waals surface area (Å²) in [6.45, 7) is 2.62. The zero-order chi connectivity index (χ0) is 18.4. The van der Waals surface area contributed by atoms with Crippen molar-refractivity contribution in [2.45, 2.75) is 23.0 Å². The second kappa shape index (κ2) is 9.19. The van der Waals surface area contributed by atoms with Gasteiger partial charge < -0.3 is 10.2 Å². The van der Waals surface area contributed by atoms with Crippen molar-refractivity contribution in [2.75, 3.05) is 26.7 Å². The van der Waals surface area contributed by atoms with Crippen molar-refractivity contribution in [3.8, 4) is 0 Å². The maximum Gasteiger partial charge on any atom is 0.240 e. The molecule has 1 heterocycles. The minimum Gasteiger partial charge on any atom is -0.341 e. The highest BCUT2D eigenvalue weighted by molar-refractivity contribution is 8.00. The molecule has 0 aromatic heterocycles. The third kappa shape index (κ3) is 4.86. The van der Waals surface area contributed by atoms with Crippen molar-refractivity contribution in [1.29, 1.82) is 0 Å². The highest BCUT2D eigenvalue weighted by Gasteiger charge is 2.29. The van der Waals surface area contributed by atoms with Gasteiger partial charge in [-0.2, -0.15) is 0 Å². The minimum atomic E-state index is -0.303. The van der Waals surface area contributed by atoms with E-state index in [0.29, 0.717) is 5.92 Å². The fourth-order valence-corrected chi connectivity index (χ4v) is 4.46. The summed E-state index contributed by atoms with van der Waals surface area (Å²) in [5.41, 5.74) is 0.990. The van der Waals surface area contributed by atoms with Crippen LogP contribution in [-0.2, 0) is 4.79 Å². The van der Waals surface area contributed by atoms with Crippen LogP contribution in [0.25, 0.3) is 0 Å². The van der Waals surface area contributed by atoms with Crippen LogP contribution in [0.5, 0.6) is 0 Å². The molecular formula is C21H25FN2OS. The maximum atomic E-state index is 13.2. The second-order valence-corrected chi connectivity index (χ2v) is 7.87. The number of nitrogens with zero attached hydrogens (tertiary/aromatic N) is 1. The summed E-state index contributed by atoms with van der Waals surface area (Å²) < 4.78 is 13.2. The molecule has 1 saturated heterocycles. The Labute approximate surface area is 159 Å². The van der Waals surface area contributed by atoms with Crippen LogP contribution in [-0.4, -0.2) is 37.5 Å². The molecule has 0 aliphatic carbocycles. The van der Waals surface area contributed by atoms with Gasteiger partial charge in [-0.25, -0.2) is 4.39 Å². The van der Waals surface area contributed by atoms with Gasteiger partial charge in [0.15, 0.2) is 0 Å². The molecule has 0 bridgehead atoms. The lowest BCUT2D eigenvalue weighted by molar-refractivity contribution is -0.132. The molecule has 2 aromatic rings. The molecule has 1 N–H and O–H groups in total. The van der Waals surface area contributed by atoms with Gasteiger partial charge in [0.1, 0.15) is 11.1 Å². The van der Waals surface area contributed by atoms with Gasteiger partial charge in [-0.1, -0.05) is 30.3 Å². The molecule has 5 heteroatoms. The number of amides is 1. The van der Waals surface area contributed by atoms with Crippen LogP contribution in [0.1, 0.15) is 23.7 Å². The topological polar surface area (TPSA) is 32.3 Å². The molecule has 1 atom stereocenters. The highest BCUT2D eigenvalue weighted by Crippen LogP contribution is 2.37. The summed E-state index contributed by atoms with van der Waals surface area (Å²) in [6.07, 6.45) is 2.07. The van der Waals surface area contributed by atoms with Crippen LogP contribution in [0.3, 0.4) is 0 Å². The van der Waals surface area contributed by atoms with Crippen molar-refractivity contribution in [3.05, 3.63) is 66.0 Å². The average Bonchev–Trinajstić information content (AvgIpc) is 2.68. The van der Waals surface area contributed by atoms with Gasteiger partial charge in [-0.15, -0.1) is 11.8 Å². The zero-order valence-electron chi connectivity index (χ0n) is 15.0. The van der Waals surface area contributed by atoms with E-state index in [1.807, 2.05) is 42.3 Å². The van der Waals surface area contributed by atoms with Crippen molar-refractivity contribution in [3.63, 3.8) is 0 Å². The van der Waals surface area contributed by atoms with Crippen LogP contribution in [0.15, 0.2) is 59.5 Å². The summed E-state index contributed by atoms with van der Waals surface area (Å²) in [5.74, 6) is 0.529. The van der Waals surface area contributed by atoms with Gasteiger partial charge in [0.2, 0.25) is 5.91 Å². The fraction of sp³-hybridized carbons (Fsp3) is 0.381. The van der Waals surface area contributed by atoms with E-state index in [9.17, 15) is 9.18 Å². The first-order chi connectivity index (χ1) is 12.7. The summed E-state index contributed by atoms with van der Waals surface area (Å²) >= 11 is 1.49. The van der Waals surface area contributed by atoms with E-state index in [0.717, 1.165) is 42.9 Å². The maximum absolute atomic E-state index is 13.2. The van der Waals surface area contributed by atoms with Gasteiger partial charge in [0, 0.05) is 18.0 Å². The molecule has 0 spiro atoms. The predicted octanol–water partition coefficient (Wildman–Crippen LogP) is 4.12. The molecule has 0 saturated carbocycles. The number of carbonyl (C=O) groups excluding carboxylic acids is 1.